The summed E-state index contributed by atoms with van der Waals surface area (Å²) in [6, 6.07) is 12.7. The molecule has 0 fully saturated rings. The zero-order chi connectivity index (χ0) is 17.9. The molecule has 0 saturated carbocycles. The maximum absolute atomic E-state index is 12.3. The van der Waals surface area contributed by atoms with Crippen molar-refractivity contribution in [1.82, 2.24) is 15.2 Å². The number of hydrogen-bond donors (Lipinski definition) is 2. The van der Waals surface area contributed by atoms with E-state index in [0.717, 1.165) is 5.56 Å². The normalized spacial score (nSPS) is 12.7. The zero-order valence-corrected chi connectivity index (χ0v) is 14.4. The van der Waals surface area contributed by atoms with Crippen LogP contribution >= 0.6 is 11.6 Å². The van der Waals surface area contributed by atoms with Gasteiger partial charge in [0, 0.05) is 23.2 Å². The summed E-state index contributed by atoms with van der Waals surface area (Å²) in [6.45, 7) is 1.04. The molecule has 132 valence electrons. The molecular formula is C18H15ClN4O3. The molecule has 4 rings (SSSR count). The van der Waals surface area contributed by atoms with Crippen molar-refractivity contribution in [3.05, 3.63) is 69.1 Å². The smallest absolute Gasteiger partial charge is 0.274 e. The molecule has 1 aromatic heterocycles. The minimum atomic E-state index is -0.319. The van der Waals surface area contributed by atoms with E-state index in [9.17, 15) is 4.79 Å². The quantitative estimate of drug-likeness (QED) is 0.734. The summed E-state index contributed by atoms with van der Waals surface area (Å²) in [4.78, 5) is 15.0. The number of aromatic amines is 1. The lowest BCUT2D eigenvalue weighted by atomic mass is 10.1. The molecule has 0 atom stereocenters. The third kappa shape index (κ3) is 3.48. The van der Waals surface area contributed by atoms with Crippen LogP contribution in [0.1, 0.15) is 11.3 Å². The summed E-state index contributed by atoms with van der Waals surface area (Å²) < 4.78 is 11.0. The van der Waals surface area contributed by atoms with Crippen molar-refractivity contribution in [3.63, 3.8) is 0 Å². The maximum atomic E-state index is 12.3. The van der Waals surface area contributed by atoms with Crippen LogP contribution in [0.15, 0.2) is 47.3 Å². The van der Waals surface area contributed by atoms with Gasteiger partial charge in [0.1, 0.15) is 18.9 Å². The van der Waals surface area contributed by atoms with Crippen LogP contribution in [-0.2, 0) is 6.42 Å². The van der Waals surface area contributed by atoms with Gasteiger partial charge in [-0.3, -0.25) is 9.78 Å². The molecule has 0 aliphatic carbocycles. The van der Waals surface area contributed by atoms with Crippen LogP contribution in [0.25, 0.3) is 0 Å². The van der Waals surface area contributed by atoms with Crippen molar-refractivity contribution in [2.45, 2.75) is 6.42 Å². The van der Waals surface area contributed by atoms with E-state index < -0.39 is 0 Å². The average Bonchev–Trinajstić information content (AvgIpc) is 2.65. The highest BCUT2D eigenvalue weighted by atomic mass is 35.5. The molecule has 2 heterocycles. The molecule has 0 amide bonds. The Hall–Kier alpha value is -3.06. The van der Waals surface area contributed by atoms with Gasteiger partial charge in [0.2, 0.25) is 5.95 Å². The lowest BCUT2D eigenvalue weighted by Gasteiger charge is -2.19. The van der Waals surface area contributed by atoms with E-state index >= 15 is 0 Å². The van der Waals surface area contributed by atoms with E-state index in [-0.39, 0.29) is 11.5 Å². The Labute approximate surface area is 154 Å². The molecule has 0 saturated heterocycles. The van der Waals surface area contributed by atoms with Crippen LogP contribution in [0.4, 0.5) is 11.6 Å². The van der Waals surface area contributed by atoms with E-state index in [1.165, 1.54) is 0 Å². The fraction of sp³-hybridized carbons (Fsp3) is 0.167. The standard InChI is InChI=1S/C18H15ClN4O3/c19-13-4-2-1-3-11(13)9-14-17(24)21-18(23-22-14)20-12-5-6-15-16(10-12)26-8-7-25-15/h1-6,10H,7-9H2,(H2,20,21,23,24). The molecule has 26 heavy (non-hydrogen) atoms. The number of halogens is 1. The minimum absolute atomic E-state index is 0.245. The van der Waals surface area contributed by atoms with Crippen molar-refractivity contribution in [2.75, 3.05) is 18.5 Å². The number of benzene rings is 2. The van der Waals surface area contributed by atoms with E-state index in [4.69, 9.17) is 21.1 Å². The lowest BCUT2D eigenvalue weighted by molar-refractivity contribution is 0.171. The Morgan fingerprint density at radius 1 is 1.08 bits per heavy atom. The van der Waals surface area contributed by atoms with Crippen molar-refractivity contribution in [2.24, 2.45) is 0 Å². The number of anilines is 2. The Bertz CT molecular complexity index is 1010. The molecule has 1 aliphatic rings. The number of rotatable bonds is 4. The van der Waals surface area contributed by atoms with Crippen LogP contribution in [0.5, 0.6) is 11.5 Å². The highest BCUT2D eigenvalue weighted by Crippen LogP contribution is 2.33. The minimum Gasteiger partial charge on any atom is -0.486 e. The molecule has 3 aromatic rings. The number of nitrogens with zero attached hydrogens (tertiary/aromatic N) is 2. The van der Waals surface area contributed by atoms with Gasteiger partial charge in [-0.25, -0.2) is 0 Å². The van der Waals surface area contributed by atoms with Crippen LogP contribution in [0, 0.1) is 0 Å². The number of hydrogen-bond acceptors (Lipinski definition) is 6. The molecule has 0 spiro atoms. The van der Waals surface area contributed by atoms with Crippen LogP contribution in [-0.4, -0.2) is 28.4 Å². The summed E-state index contributed by atoms with van der Waals surface area (Å²) in [5.41, 5.74) is 1.50. The Morgan fingerprint density at radius 2 is 1.88 bits per heavy atom. The number of aromatic nitrogens is 3. The molecule has 0 unspecified atom stereocenters. The molecular weight excluding hydrogens is 356 g/mol. The van der Waals surface area contributed by atoms with Gasteiger partial charge in [-0.05, 0) is 23.8 Å². The average molecular weight is 371 g/mol. The first-order valence-corrected chi connectivity index (χ1v) is 8.43. The first-order chi connectivity index (χ1) is 12.7. The highest BCUT2D eigenvalue weighted by molar-refractivity contribution is 6.31. The van der Waals surface area contributed by atoms with Crippen molar-refractivity contribution < 1.29 is 9.47 Å². The zero-order valence-electron chi connectivity index (χ0n) is 13.7. The Kier molecular flexibility index (Phi) is 4.45. The maximum Gasteiger partial charge on any atom is 0.274 e. The van der Waals surface area contributed by atoms with Gasteiger partial charge in [0.15, 0.2) is 11.5 Å². The van der Waals surface area contributed by atoms with Crippen LogP contribution in [0.3, 0.4) is 0 Å². The highest BCUT2D eigenvalue weighted by Gasteiger charge is 2.13. The van der Waals surface area contributed by atoms with Gasteiger partial charge in [-0.2, -0.15) is 0 Å². The van der Waals surface area contributed by atoms with E-state index in [0.29, 0.717) is 47.5 Å². The molecule has 0 radical (unpaired) electrons. The Balaban J connectivity index is 1.53. The van der Waals surface area contributed by atoms with Gasteiger partial charge in [-0.1, -0.05) is 29.8 Å². The molecule has 8 heteroatoms. The van der Waals surface area contributed by atoms with Gasteiger partial charge < -0.3 is 14.8 Å². The molecule has 2 N–H and O–H groups in total. The largest absolute Gasteiger partial charge is 0.486 e. The topological polar surface area (TPSA) is 89.1 Å². The summed E-state index contributed by atoms with van der Waals surface area (Å²) >= 11 is 6.13. The first-order valence-electron chi connectivity index (χ1n) is 8.05. The van der Waals surface area contributed by atoms with Crippen molar-refractivity contribution >= 4 is 23.2 Å². The predicted molar refractivity (Wildman–Crippen MR) is 97.6 cm³/mol. The van der Waals surface area contributed by atoms with Crippen molar-refractivity contribution in [1.29, 1.82) is 0 Å². The van der Waals surface area contributed by atoms with E-state index in [1.54, 1.807) is 18.2 Å². The fourth-order valence-electron chi connectivity index (χ4n) is 2.61. The van der Waals surface area contributed by atoms with E-state index in [1.807, 2.05) is 24.3 Å². The fourth-order valence-corrected chi connectivity index (χ4v) is 2.81. The van der Waals surface area contributed by atoms with Crippen molar-refractivity contribution in [3.8, 4) is 11.5 Å². The lowest BCUT2D eigenvalue weighted by Crippen LogP contribution is -2.19. The number of H-pyrrole nitrogens is 1. The third-order valence-corrected chi connectivity index (χ3v) is 4.25. The second-order valence-electron chi connectivity index (χ2n) is 5.70. The predicted octanol–water partition coefficient (Wildman–Crippen LogP) is 2.92. The van der Waals surface area contributed by atoms with Crippen LogP contribution in [0.2, 0.25) is 5.02 Å². The number of ether oxygens (including phenoxy) is 2. The second-order valence-corrected chi connectivity index (χ2v) is 6.11. The number of fused-ring (bicyclic) bond motifs is 1. The molecule has 1 aliphatic heterocycles. The molecule has 0 bridgehead atoms. The summed E-state index contributed by atoms with van der Waals surface area (Å²) in [7, 11) is 0. The first kappa shape index (κ1) is 16.4. The van der Waals surface area contributed by atoms with Gasteiger partial charge >= 0.3 is 0 Å². The van der Waals surface area contributed by atoms with Gasteiger partial charge in [0.25, 0.3) is 5.56 Å². The second kappa shape index (κ2) is 7.05. The van der Waals surface area contributed by atoms with Gasteiger partial charge in [0.05, 0.1) is 0 Å². The van der Waals surface area contributed by atoms with Crippen LogP contribution < -0.4 is 20.3 Å². The monoisotopic (exact) mass is 370 g/mol. The third-order valence-electron chi connectivity index (χ3n) is 3.89. The SMILES string of the molecule is O=c1[nH]c(Nc2ccc3c(c2)OCCO3)nnc1Cc1ccccc1Cl. The Morgan fingerprint density at radius 3 is 2.69 bits per heavy atom. The summed E-state index contributed by atoms with van der Waals surface area (Å²) in [5, 5.41) is 11.7. The molecule has 2 aromatic carbocycles. The van der Waals surface area contributed by atoms with E-state index in [2.05, 4.69) is 20.5 Å². The summed E-state index contributed by atoms with van der Waals surface area (Å²) in [5.74, 6) is 1.58. The summed E-state index contributed by atoms with van der Waals surface area (Å²) in [6.07, 6.45) is 0.312. The number of nitrogens with one attached hydrogen (secondary N) is 2. The van der Waals surface area contributed by atoms with Gasteiger partial charge in [-0.15, -0.1) is 10.2 Å². The molecule has 7 nitrogen and oxygen atoms in total.